The minimum atomic E-state index is 0.307. The van der Waals surface area contributed by atoms with Gasteiger partial charge in [0, 0.05) is 18.0 Å². The fourth-order valence-electron chi connectivity index (χ4n) is 2.59. The summed E-state index contributed by atoms with van der Waals surface area (Å²) >= 11 is 1.80. The molecule has 21 heavy (non-hydrogen) atoms. The topological polar surface area (TPSA) is 37.4 Å². The predicted molar refractivity (Wildman–Crippen MR) is 88.4 cm³/mol. The summed E-state index contributed by atoms with van der Waals surface area (Å²) in [5.41, 5.74) is 2.41. The van der Waals surface area contributed by atoms with E-state index in [1.807, 2.05) is 6.20 Å². The number of rotatable bonds is 4. The average Bonchev–Trinajstić information content (AvgIpc) is 2.95. The quantitative estimate of drug-likeness (QED) is 0.938. The Kier molecular flexibility index (Phi) is 4.41. The van der Waals surface area contributed by atoms with Crippen molar-refractivity contribution in [3.8, 4) is 0 Å². The Morgan fingerprint density at radius 3 is 2.71 bits per heavy atom. The fourth-order valence-corrected chi connectivity index (χ4v) is 3.53. The number of thiophene rings is 1. The lowest BCUT2D eigenvalue weighted by Crippen LogP contribution is -2.36. The van der Waals surface area contributed by atoms with E-state index in [2.05, 4.69) is 52.6 Å². The number of nitrogens with one attached hydrogen (secondary N) is 1. The number of aryl methyl sites for hydroxylation is 1. The molecule has 1 atom stereocenters. The van der Waals surface area contributed by atoms with Crippen LogP contribution in [0.3, 0.4) is 0 Å². The van der Waals surface area contributed by atoms with Gasteiger partial charge in [0.15, 0.2) is 0 Å². The lowest BCUT2D eigenvalue weighted by molar-refractivity contribution is 0.122. The molecule has 2 aromatic heterocycles. The van der Waals surface area contributed by atoms with Crippen molar-refractivity contribution in [1.82, 2.24) is 4.98 Å². The van der Waals surface area contributed by atoms with E-state index in [9.17, 15) is 0 Å². The SMILES string of the molecule is Cc1ccsc1C(C)Nc1ccc(N2CCOCC2)nc1. The number of hydrogen-bond donors (Lipinski definition) is 1. The molecular formula is C16H21N3OS. The summed E-state index contributed by atoms with van der Waals surface area (Å²) in [6.45, 7) is 7.76. The lowest BCUT2D eigenvalue weighted by Gasteiger charge is -2.27. The molecule has 2 aromatic rings. The number of morpholine rings is 1. The van der Waals surface area contributed by atoms with Gasteiger partial charge in [-0.2, -0.15) is 0 Å². The molecule has 3 rings (SSSR count). The maximum Gasteiger partial charge on any atom is 0.128 e. The molecule has 1 aliphatic rings. The fraction of sp³-hybridized carbons (Fsp3) is 0.438. The van der Waals surface area contributed by atoms with Crippen LogP contribution in [0.2, 0.25) is 0 Å². The van der Waals surface area contributed by atoms with Crippen LogP contribution in [-0.2, 0) is 4.74 Å². The minimum absolute atomic E-state index is 0.307. The second-order valence-electron chi connectivity index (χ2n) is 5.34. The number of anilines is 2. The molecule has 0 bridgehead atoms. The Morgan fingerprint density at radius 2 is 2.10 bits per heavy atom. The van der Waals surface area contributed by atoms with E-state index < -0.39 is 0 Å². The molecule has 112 valence electrons. The first kappa shape index (κ1) is 14.4. The molecule has 1 aliphatic heterocycles. The van der Waals surface area contributed by atoms with E-state index in [1.54, 1.807) is 11.3 Å². The van der Waals surface area contributed by atoms with Crippen LogP contribution in [0, 0.1) is 6.92 Å². The van der Waals surface area contributed by atoms with E-state index in [0.29, 0.717) is 6.04 Å². The Labute approximate surface area is 129 Å². The average molecular weight is 303 g/mol. The molecule has 0 radical (unpaired) electrons. The molecule has 1 N–H and O–H groups in total. The Morgan fingerprint density at radius 1 is 1.29 bits per heavy atom. The molecule has 5 heteroatoms. The molecule has 0 spiro atoms. The van der Waals surface area contributed by atoms with Crippen LogP contribution < -0.4 is 10.2 Å². The summed E-state index contributed by atoms with van der Waals surface area (Å²) in [4.78, 5) is 8.22. The number of pyridine rings is 1. The van der Waals surface area contributed by atoms with E-state index in [-0.39, 0.29) is 0 Å². The summed E-state index contributed by atoms with van der Waals surface area (Å²) in [5, 5.41) is 5.66. The van der Waals surface area contributed by atoms with Crippen LogP contribution >= 0.6 is 11.3 Å². The highest BCUT2D eigenvalue weighted by Crippen LogP contribution is 2.27. The van der Waals surface area contributed by atoms with Gasteiger partial charge >= 0.3 is 0 Å². The highest BCUT2D eigenvalue weighted by molar-refractivity contribution is 7.10. The molecule has 1 fully saturated rings. The monoisotopic (exact) mass is 303 g/mol. The van der Waals surface area contributed by atoms with Crippen molar-refractivity contribution in [2.24, 2.45) is 0 Å². The van der Waals surface area contributed by atoms with Crippen molar-refractivity contribution < 1.29 is 4.74 Å². The van der Waals surface area contributed by atoms with Crippen LogP contribution in [0.25, 0.3) is 0 Å². The zero-order valence-electron chi connectivity index (χ0n) is 12.5. The molecule has 0 saturated carbocycles. The van der Waals surface area contributed by atoms with Crippen molar-refractivity contribution in [2.45, 2.75) is 19.9 Å². The standard InChI is InChI=1S/C16H21N3OS/c1-12-5-10-21-16(12)13(2)18-14-3-4-15(17-11-14)19-6-8-20-9-7-19/h3-5,10-11,13,18H,6-9H2,1-2H3. The van der Waals surface area contributed by atoms with Crippen molar-refractivity contribution >= 4 is 22.8 Å². The van der Waals surface area contributed by atoms with Gasteiger partial charge in [0.1, 0.15) is 5.82 Å². The first-order valence-corrected chi connectivity index (χ1v) is 8.21. The molecule has 1 saturated heterocycles. The summed E-state index contributed by atoms with van der Waals surface area (Å²) < 4.78 is 5.37. The van der Waals surface area contributed by atoms with E-state index in [0.717, 1.165) is 37.8 Å². The van der Waals surface area contributed by atoms with Crippen LogP contribution in [0.4, 0.5) is 11.5 Å². The summed E-state index contributed by atoms with van der Waals surface area (Å²) in [6.07, 6.45) is 1.92. The van der Waals surface area contributed by atoms with Gasteiger partial charge in [-0.05, 0) is 43.0 Å². The van der Waals surface area contributed by atoms with E-state index in [4.69, 9.17) is 4.74 Å². The molecular weight excluding hydrogens is 282 g/mol. The van der Waals surface area contributed by atoms with E-state index in [1.165, 1.54) is 10.4 Å². The lowest BCUT2D eigenvalue weighted by atomic mass is 10.2. The van der Waals surface area contributed by atoms with Crippen LogP contribution in [-0.4, -0.2) is 31.3 Å². The highest BCUT2D eigenvalue weighted by Gasteiger charge is 2.13. The van der Waals surface area contributed by atoms with Gasteiger partial charge < -0.3 is 15.0 Å². The van der Waals surface area contributed by atoms with Gasteiger partial charge in [0.2, 0.25) is 0 Å². The molecule has 1 unspecified atom stereocenters. The second-order valence-corrected chi connectivity index (χ2v) is 6.29. The van der Waals surface area contributed by atoms with Gasteiger partial charge in [0.25, 0.3) is 0 Å². The Hall–Kier alpha value is -1.59. The summed E-state index contributed by atoms with van der Waals surface area (Å²) in [6, 6.07) is 6.66. The van der Waals surface area contributed by atoms with Crippen LogP contribution in [0.1, 0.15) is 23.4 Å². The molecule has 3 heterocycles. The zero-order valence-corrected chi connectivity index (χ0v) is 13.3. The largest absolute Gasteiger partial charge is 0.378 e. The number of ether oxygens (including phenoxy) is 1. The third-order valence-electron chi connectivity index (χ3n) is 3.76. The van der Waals surface area contributed by atoms with Crippen molar-refractivity contribution in [3.63, 3.8) is 0 Å². The second kappa shape index (κ2) is 6.45. The first-order chi connectivity index (χ1) is 10.2. The normalized spacial score (nSPS) is 16.8. The van der Waals surface area contributed by atoms with Crippen molar-refractivity contribution in [3.05, 3.63) is 40.2 Å². The molecule has 0 amide bonds. The van der Waals surface area contributed by atoms with Crippen LogP contribution in [0.5, 0.6) is 0 Å². The zero-order chi connectivity index (χ0) is 14.7. The highest BCUT2D eigenvalue weighted by atomic mass is 32.1. The van der Waals surface area contributed by atoms with Crippen molar-refractivity contribution in [1.29, 1.82) is 0 Å². The third-order valence-corrected chi connectivity index (χ3v) is 4.96. The number of nitrogens with zero attached hydrogens (tertiary/aromatic N) is 2. The smallest absolute Gasteiger partial charge is 0.128 e. The summed E-state index contributed by atoms with van der Waals surface area (Å²) in [5.74, 6) is 1.03. The molecule has 4 nitrogen and oxygen atoms in total. The maximum atomic E-state index is 5.37. The van der Waals surface area contributed by atoms with E-state index >= 15 is 0 Å². The minimum Gasteiger partial charge on any atom is -0.378 e. The van der Waals surface area contributed by atoms with Gasteiger partial charge in [-0.3, -0.25) is 0 Å². The molecule has 0 aromatic carbocycles. The summed E-state index contributed by atoms with van der Waals surface area (Å²) in [7, 11) is 0. The number of aromatic nitrogens is 1. The molecule has 0 aliphatic carbocycles. The van der Waals surface area contributed by atoms with Gasteiger partial charge in [-0.25, -0.2) is 4.98 Å². The third kappa shape index (κ3) is 3.36. The van der Waals surface area contributed by atoms with Crippen molar-refractivity contribution in [2.75, 3.05) is 36.5 Å². The van der Waals surface area contributed by atoms with Gasteiger partial charge in [-0.15, -0.1) is 11.3 Å². The maximum absolute atomic E-state index is 5.37. The number of hydrogen-bond acceptors (Lipinski definition) is 5. The Balaban J connectivity index is 1.65. The van der Waals surface area contributed by atoms with Crippen LogP contribution in [0.15, 0.2) is 29.8 Å². The first-order valence-electron chi connectivity index (χ1n) is 7.33. The van der Waals surface area contributed by atoms with Gasteiger partial charge in [-0.1, -0.05) is 0 Å². The Bertz CT molecular complexity index is 575. The predicted octanol–water partition coefficient (Wildman–Crippen LogP) is 3.46. The van der Waals surface area contributed by atoms with Gasteiger partial charge in [0.05, 0.1) is 31.1 Å².